The van der Waals surface area contributed by atoms with Crippen molar-refractivity contribution in [2.45, 2.75) is 38.1 Å². The SMILES string of the molecule is O=C(N[C@@H](Cc1cnc[nH]1)C(=O)O)c1csc2c1CCCC2.O=CO. The Morgan fingerprint density at radius 3 is 2.76 bits per heavy atom. The van der Waals surface area contributed by atoms with E-state index in [0.717, 1.165) is 31.2 Å². The maximum Gasteiger partial charge on any atom is 0.326 e. The Bertz CT molecular complexity index is 726. The number of aryl methyl sites for hydroxylation is 1. The van der Waals surface area contributed by atoms with Gasteiger partial charge in [-0.25, -0.2) is 9.78 Å². The second-order valence-electron chi connectivity index (χ2n) is 5.51. The van der Waals surface area contributed by atoms with Crippen LogP contribution in [0.4, 0.5) is 0 Å². The van der Waals surface area contributed by atoms with E-state index in [1.165, 1.54) is 11.2 Å². The molecule has 3 rings (SSSR count). The standard InChI is InChI=1S/C15H17N3O3S.CH2O2/c19-14(11-7-22-13-4-2-1-3-10(11)13)18-12(15(20)21)5-9-6-16-8-17-9;2-1-3/h6-8,12H,1-5H2,(H,16,17)(H,18,19)(H,20,21);1H,(H,2,3)/t12-;/m0./s1. The summed E-state index contributed by atoms with van der Waals surface area (Å²) in [7, 11) is 0. The summed E-state index contributed by atoms with van der Waals surface area (Å²) in [4.78, 5) is 40.1. The van der Waals surface area contributed by atoms with E-state index in [-0.39, 0.29) is 18.8 Å². The minimum atomic E-state index is -1.05. The monoisotopic (exact) mass is 365 g/mol. The predicted molar refractivity (Wildman–Crippen MR) is 90.8 cm³/mol. The van der Waals surface area contributed by atoms with Gasteiger partial charge in [0.2, 0.25) is 0 Å². The van der Waals surface area contributed by atoms with Crippen molar-refractivity contribution in [3.8, 4) is 0 Å². The summed E-state index contributed by atoms with van der Waals surface area (Å²) in [6.45, 7) is -0.250. The Hall–Kier alpha value is -2.68. The van der Waals surface area contributed by atoms with Crippen molar-refractivity contribution in [2.24, 2.45) is 0 Å². The molecule has 1 aliphatic carbocycles. The lowest BCUT2D eigenvalue weighted by Crippen LogP contribution is -2.42. The van der Waals surface area contributed by atoms with Crippen LogP contribution < -0.4 is 5.32 Å². The topological polar surface area (TPSA) is 132 Å². The molecular formula is C16H19N3O5S. The highest BCUT2D eigenvalue weighted by Gasteiger charge is 2.25. The number of amides is 1. The average Bonchev–Trinajstić information content (AvgIpc) is 3.24. The van der Waals surface area contributed by atoms with Gasteiger partial charge in [-0.15, -0.1) is 11.3 Å². The molecule has 0 radical (unpaired) electrons. The third-order valence-corrected chi connectivity index (χ3v) is 4.98. The highest BCUT2D eigenvalue weighted by Crippen LogP contribution is 2.30. The van der Waals surface area contributed by atoms with E-state index in [2.05, 4.69) is 15.3 Å². The molecule has 8 nitrogen and oxygen atoms in total. The number of carbonyl (C=O) groups excluding carboxylic acids is 1. The molecule has 2 aromatic heterocycles. The Morgan fingerprint density at radius 2 is 2.12 bits per heavy atom. The van der Waals surface area contributed by atoms with E-state index >= 15 is 0 Å². The van der Waals surface area contributed by atoms with Gasteiger partial charge in [0, 0.05) is 28.6 Å². The zero-order valence-corrected chi connectivity index (χ0v) is 14.2. The Kier molecular flexibility index (Phi) is 6.70. The fourth-order valence-electron chi connectivity index (χ4n) is 2.74. The number of aromatic amines is 1. The summed E-state index contributed by atoms with van der Waals surface area (Å²) in [5, 5.41) is 20.7. The number of hydrogen-bond donors (Lipinski definition) is 4. The summed E-state index contributed by atoms with van der Waals surface area (Å²) in [5.41, 5.74) is 2.41. The molecule has 2 heterocycles. The van der Waals surface area contributed by atoms with Crippen LogP contribution in [0.15, 0.2) is 17.9 Å². The van der Waals surface area contributed by atoms with Crippen molar-refractivity contribution in [1.29, 1.82) is 0 Å². The molecule has 1 aliphatic rings. The Morgan fingerprint density at radius 1 is 1.40 bits per heavy atom. The number of carbonyl (C=O) groups is 3. The van der Waals surface area contributed by atoms with Crippen LogP contribution in [0.2, 0.25) is 0 Å². The minimum Gasteiger partial charge on any atom is -0.483 e. The number of aromatic nitrogens is 2. The first kappa shape index (κ1) is 18.7. The second kappa shape index (κ2) is 8.97. The predicted octanol–water partition coefficient (Wildman–Crippen LogP) is 1.48. The summed E-state index contributed by atoms with van der Waals surface area (Å²) in [5.74, 6) is -1.35. The number of nitrogens with zero attached hydrogens (tertiary/aromatic N) is 1. The van der Waals surface area contributed by atoms with E-state index in [9.17, 15) is 14.7 Å². The number of hydrogen-bond acceptors (Lipinski definition) is 5. The van der Waals surface area contributed by atoms with Gasteiger partial charge >= 0.3 is 5.97 Å². The number of carboxylic acids is 1. The van der Waals surface area contributed by atoms with Crippen molar-refractivity contribution >= 4 is 29.7 Å². The molecule has 2 aromatic rings. The molecule has 9 heteroatoms. The van der Waals surface area contributed by atoms with Crippen molar-refractivity contribution in [3.05, 3.63) is 39.6 Å². The first-order chi connectivity index (χ1) is 12.1. The fraction of sp³-hybridized carbons (Fsp3) is 0.375. The lowest BCUT2D eigenvalue weighted by Gasteiger charge is -2.16. The van der Waals surface area contributed by atoms with Gasteiger partial charge in [-0.2, -0.15) is 0 Å². The first-order valence-electron chi connectivity index (χ1n) is 7.74. The maximum absolute atomic E-state index is 12.4. The zero-order chi connectivity index (χ0) is 18.2. The van der Waals surface area contributed by atoms with Gasteiger partial charge in [-0.05, 0) is 31.2 Å². The second-order valence-corrected chi connectivity index (χ2v) is 6.47. The van der Waals surface area contributed by atoms with Crippen LogP contribution in [0.25, 0.3) is 0 Å². The zero-order valence-electron chi connectivity index (χ0n) is 13.4. The number of nitrogens with one attached hydrogen (secondary N) is 2. The van der Waals surface area contributed by atoms with Gasteiger partial charge in [0.25, 0.3) is 12.4 Å². The quantitative estimate of drug-likeness (QED) is 0.593. The number of aliphatic carboxylic acids is 1. The number of rotatable bonds is 5. The summed E-state index contributed by atoms with van der Waals surface area (Å²) >= 11 is 1.60. The van der Waals surface area contributed by atoms with Crippen LogP contribution in [0.5, 0.6) is 0 Å². The number of H-pyrrole nitrogens is 1. The van der Waals surface area contributed by atoms with Crippen molar-refractivity contribution in [2.75, 3.05) is 0 Å². The lowest BCUT2D eigenvalue weighted by atomic mass is 9.95. The van der Waals surface area contributed by atoms with Crippen LogP contribution in [0.3, 0.4) is 0 Å². The molecule has 1 amide bonds. The smallest absolute Gasteiger partial charge is 0.326 e. The van der Waals surface area contributed by atoms with Gasteiger partial charge in [-0.3, -0.25) is 9.59 Å². The summed E-state index contributed by atoms with van der Waals surface area (Å²) < 4.78 is 0. The minimum absolute atomic E-state index is 0.188. The van der Waals surface area contributed by atoms with Gasteiger partial charge in [0.05, 0.1) is 11.9 Å². The molecule has 0 saturated heterocycles. The lowest BCUT2D eigenvalue weighted by molar-refractivity contribution is -0.139. The molecule has 0 saturated carbocycles. The Balaban J connectivity index is 0.000000701. The molecule has 1 atom stereocenters. The van der Waals surface area contributed by atoms with Crippen LogP contribution in [-0.2, 0) is 28.9 Å². The van der Waals surface area contributed by atoms with Crippen LogP contribution in [0, 0.1) is 0 Å². The first-order valence-corrected chi connectivity index (χ1v) is 8.62. The van der Waals surface area contributed by atoms with Crippen molar-refractivity contribution in [3.63, 3.8) is 0 Å². The molecule has 0 unspecified atom stereocenters. The molecular weight excluding hydrogens is 346 g/mol. The van der Waals surface area contributed by atoms with Crippen LogP contribution in [-0.4, -0.2) is 44.6 Å². The Labute approximate surface area is 147 Å². The largest absolute Gasteiger partial charge is 0.483 e. The van der Waals surface area contributed by atoms with Gasteiger partial charge in [0.1, 0.15) is 6.04 Å². The highest BCUT2D eigenvalue weighted by molar-refractivity contribution is 7.10. The van der Waals surface area contributed by atoms with E-state index in [0.29, 0.717) is 11.3 Å². The molecule has 0 spiro atoms. The molecule has 0 fully saturated rings. The third kappa shape index (κ3) is 4.90. The average molecular weight is 365 g/mol. The molecule has 25 heavy (non-hydrogen) atoms. The number of fused-ring (bicyclic) bond motifs is 1. The molecule has 0 aromatic carbocycles. The highest BCUT2D eigenvalue weighted by atomic mass is 32.1. The van der Waals surface area contributed by atoms with Gasteiger partial charge in [-0.1, -0.05) is 0 Å². The molecule has 134 valence electrons. The molecule has 0 bridgehead atoms. The number of thiophene rings is 1. The summed E-state index contributed by atoms with van der Waals surface area (Å²) in [6, 6.07) is -0.966. The van der Waals surface area contributed by atoms with Gasteiger partial charge < -0.3 is 20.5 Å². The molecule has 4 N–H and O–H groups in total. The number of carboxylic acid groups (broad SMARTS) is 2. The third-order valence-electron chi connectivity index (χ3n) is 3.89. The van der Waals surface area contributed by atoms with E-state index in [1.807, 2.05) is 5.38 Å². The van der Waals surface area contributed by atoms with E-state index in [1.54, 1.807) is 17.5 Å². The fourth-order valence-corrected chi connectivity index (χ4v) is 3.86. The normalized spacial score (nSPS) is 13.8. The van der Waals surface area contributed by atoms with E-state index in [4.69, 9.17) is 9.90 Å². The van der Waals surface area contributed by atoms with Crippen molar-refractivity contribution in [1.82, 2.24) is 15.3 Å². The van der Waals surface area contributed by atoms with Crippen molar-refractivity contribution < 1.29 is 24.6 Å². The molecule has 0 aliphatic heterocycles. The number of imidazole rings is 1. The van der Waals surface area contributed by atoms with Crippen LogP contribution >= 0.6 is 11.3 Å². The maximum atomic E-state index is 12.4. The van der Waals surface area contributed by atoms with Crippen LogP contribution in [0.1, 0.15) is 39.3 Å². The van der Waals surface area contributed by atoms with Gasteiger partial charge in [0.15, 0.2) is 0 Å². The summed E-state index contributed by atoms with van der Waals surface area (Å²) in [6.07, 6.45) is 7.41. The van der Waals surface area contributed by atoms with E-state index < -0.39 is 12.0 Å².